The number of rotatable bonds is 5. The molecule has 0 aromatic carbocycles. The fourth-order valence-electron chi connectivity index (χ4n) is 2.32. The lowest BCUT2D eigenvalue weighted by molar-refractivity contribution is -0.119. The molecule has 8 heteroatoms. The van der Waals surface area contributed by atoms with Crippen LogP contribution in [0.4, 0.5) is 5.00 Å². The van der Waals surface area contributed by atoms with Crippen LogP contribution in [0.2, 0.25) is 0 Å². The number of hydrogen-bond acceptors (Lipinski definition) is 4. The van der Waals surface area contributed by atoms with E-state index in [-0.39, 0.29) is 17.7 Å². The first-order valence-corrected chi connectivity index (χ1v) is 8.19. The quantitative estimate of drug-likeness (QED) is 0.487. The van der Waals surface area contributed by atoms with Crippen LogP contribution in [-0.2, 0) is 9.59 Å². The summed E-state index contributed by atoms with van der Waals surface area (Å²) < 4.78 is 0. The molecule has 0 bridgehead atoms. The molecule has 3 rings (SSSR count). The molecule has 7 nitrogen and oxygen atoms in total. The third kappa shape index (κ3) is 3.38. The highest BCUT2D eigenvalue weighted by atomic mass is 32.1. The molecule has 0 saturated heterocycles. The van der Waals surface area contributed by atoms with Crippen molar-refractivity contribution in [1.29, 1.82) is 0 Å². The zero-order valence-corrected chi connectivity index (χ0v) is 13.8. The first-order valence-electron chi connectivity index (χ1n) is 7.38. The minimum Gasteiger partial charge on any atom is -0.362 e. The van der Waals surface area contributed by atoms with Gasteiger partial charge in [-0.25, -0.2) is 0 Å². The van der Waals surface area contributed by atoms with Crippen molar-refractivity contribution in [1.82, 2.24) is 15.6 Å². The molecule has 24 heavy (non-hydrogen) atoms. The summed E-state index contributed by atoms with van der Waals surface area (Å²) in [5.74, 6) is -0.544. The van der Waals surface area contributed by atoms with E-state index in [1.165, 1.54) is 18.3 Å². The van der Waals surface area contributed by atoms with Crippen LogP contribution in [-0.4, -0.2) is 35.8 Å². The van der Waals surface area contributed by atoms with Gasteiger partial charge in [-0.1, -0.05) is 0 Å². The number of carbonyl (C=O) groups excluding carboxylic acids is 3. The van der Waals surface area contributed by atoms with E-state index in [1.54, 1.807) is 18.3 Å². The molecule has 0 atom stereocenters. The number of aromatic nitrogens is 1. The van der Waals surface area contributed by atoms with Gasteiger partial charge in [0.2, 0.25) is 5.91 Å². The number of amides is 3. The molecule has 0 spiro atoms. The van der Waals surface area contributed by atoms with Gasteiger partial charge in [0.05, 0.1) is 10.5 Å². The highest BCUT2D eigenvalue weighted by molar-refractivity contribution is 7.18. The second-order valence-corrected chi connectivity index (χ2v) is 6.28. The molecule has 0 unspecified atom stereocenters. The molecule has 4 N–H and O–H groups in total. The number of anilines is 1. The van der Waals surface area contributed by atoms with Gasteiger partial charge in [0.15, 0.2) is 0 Å². The molecule has 1 aliphatic rings. The van der Waals surface area contributed by atoms with Crippen LogP contribution in [0, 0.1) is 0 Å². The average Bonchev–Trinajstić information content (AvgIpc) is 3.22. The molecule has 3 heterocycles. The lowest BCUT2D eigenvalue weighted by atomic mass is 10.1. The predicted molar refractivity (Wildman–Crippen MR) is 92.6 cm³/mol. The fourth-order valence-corrected chi connectivity index (χ4v) is 3.31. The summed E-state index contributed by atoms with van der Waals surface area (Å²) in [7, 11) is 0. The van der Waals surface area contributed by atoms with Gasteiger partial charge in [-0.15, -0.1) is 11.3 Å². The Hall–Kier alpha value is -2.87. The van der Waals surface area contributed by atoms with Gasteiger partial charge in [0.25, 0.3) is 11.8 Å². The van der Waals surface area contributed by atoms with Crippen molar-refractivity contribution in [3.63, 3.8) is 0 Å². The second-order valence-electron chi connectivity index (χ2n) is 5.23. The van der Waals surface area contributed by atoms with Gasteiger partial charge in [0.1, 0.15) is 5.00 Å². The van der Waals surface area contributed by atoms with Crippen molar-refractivity contribution in [2.45, 2.75) is 6.92 Å². The Bertz CT molecular complexity index is 821. The molecule has 1 aliphatic heterocycles. The number of nitrogens with one attached hydrogen (secondary N) is 4. The Morgan fingerprint density at radius 1 is 1.29 bits per heavy atom. The van der Waals surface area contributed by atoms with Crippen LogP contribution in [0.3, 0.4) is 0 Å². The molecule has 0 aliphatic carbocycles. The normalized spacial score (nSPS) is 14.4. The summed E-state index contributed by atoms with van der Waals surface area (Å²) in [4.78, 5) is 38.5. The van der Waals surface area contributed by atoms with Crippen molar-refractivity contribution in [2.24, 2.45) is 0 Å². The first kappa shape index (κ1) is 16.0. The van der Waals surface area contributed by atoms with Crippen molar-refractivity contribution in [2.75, 3.05) is 18.4 Å². The Kier molecular flexibility index (Phi) is 4.48. The van der Waals surface area contributed by atoms with E-state index < -0.39 is 0 Å². The van der Waals surface area contributed by atoms with E-state index in [0.29, 0.717) is 28.5 Å². The van der Waals surface area contributed by atoms with Crippen LogP contribution in [0.1, 0.15) is 27.9 Å². The van der Waals surface area contributed by atoms with Gasteiger partial charge in [0, 0.05) is 37.5 Å². The lowest BCUT2D eigenvalue weighted by Crippen LogP contribution is -2.33. The van der Waals surface area contributed by atoms with E-state index >= 15 is 0 Å². The number of hydrogen-bond donors (Lipinski definition) is 4. The first-order chi connectivity index (χ1) is 11.5. The summed E-state index contributed by atoms with van der Waals surface area (Å²) in [6.45, 7) is 2.14. The monoisotopic (exact) mass is 344 g/mol. The molecule has 2 aromatic rings. The third-order valence-electron chi connectivity index (χ3n) is 3.42. The van der Waals surface area contributed by atoms with Crippen LogP contribution in [0.15, 0.2) is 24.4 Å². The van der Waals surface area contributed by atoms with E-state index in [1.807, 2.05) is 12.1 Å². The summed E-state index contributed by atoms with van der Waals surface area (Å²) in [5, 5.41) is 8.79. The molecule has 0 saturated carbocycles. The van der Waals surface area contributed by atoms with Gasteiger partial charge in [-0.3, -0.25) is 14.4 Å². The summed E-state index contributed by atoms with van der Waals surface area (Å²) in [6, 6.07) is 5.42. The van der Waals surface area contributed by atoms with Crippen molar-refractivity contribution >= 4 is 45.7 Å². The van der Waals surface area contributed by atoms with Gasteiger partial charge in [-0.05, 0) is 24.3 Å². The Balaban J connectivity index is 1.72. The SMILES string of the molecule is CC(=O)NCCNC(=O)c1cc2c(s1)NC(=O)/C2=C\c1ccc[nH]1. The Morgan fingerprint density at radius 2 is 2.08 bits per heavy atom. The predicted octanol–water partition coefficient (Wildman–Crippen LogP) is 1.43. The van der Waals surface area contributed by atoms with Gasteiger partial charge in [-0.2, -0.15) is 0 Å². The van der Waals surface area contributed by atoms with E-state index in [2.05, 4.69) is 20.9 Å². The number of aromatic amines is 1. The van der Waals surface area contributed by atoms with Gasteiger partial charge < -0.3 is 20.9 Å². The molecule has 3 amide bonds. The van der Waals surface area contributed by atoms with Crippen LogP contribution >= 0.6 is 11.3 Å². The van der Waals surface area contributed by atoms with E-state index in [0.717, 1.165) is 11.3 Å². The smallest absolute Gasteiger partial charge is 0.261 e. The third-order valence-corrected chi connectivity index (χ3v) is 4.47. The van der Waals surface area contributed by atoms with E-state index in [9.17, 15) is 14.4 Å². The molecule has 124 valence electrons. The number of carbonyl (C=O) groups is 3. The number of thiophene rings is 1. The summed E-state index contributed by atoms with van der Waals surface area (Å²) in [5.41, 5.74) is 2.08. The summed E-state index contributed by atoms with van der Waals surface area (Å²) in [6.07, 6.45) is 3.54. The summed E-state index contributed by atoms with van der Waals surface area (Å²) >= 11 is 1.23. The lowest BCUT2D eigenvalue weighted by Gasteiger charge is -2.04. The van der Waals surface area contributed by atoms with Crippen molar-refractivity contribution < 1.29 is 14.4 Å². The highest BCUT2D eigenvalue weighted by Crippen LogP contribution is 2.39. The van der Waals surface area contributed by atoms with Crippen LogP contribution in [0.5, 0.6) is 0 Å². The number of fused-ring (bicyclic) bond motifs is 1. The molecular formula is C16H16N4O3S. The Labute approximate surface area is 142 Å². The fraction of sp³-hybridized carbons (Fsp3) is 0.188. The highest BCUT2D eigenvalue weighted by Gasteiger charge is 2.28. The second kappa shape index (κ2) is 6.71. The van der Waals surface area contributed by atoms with E-state index in [4.69, 9.17) is 0 Å². The van der Waals surface area contributed by atoms with Gasteiger partial charge >= 0.3 is 0 Å². The maximum atomic E-state index is 12.1. The standard InChI is InChI=1S/C16H16N4O3S/c1-9(21)17-5-6-19-15(23)13-8-12-11(7-10-3-2-4-18-10)14(22)20-16(12)24-13/h2-4,7-8,18H,5-6H2,1H3,(H,17,21)(H,19,23)(H,20,22)/b11-7-. The maximum absolute atomic E-state index is 12.1. The topological polar surface area (TPSA) is 103 Å². The molecule has 0 radical (unpaired) electrons. The minimum atomic E-state index is -0.228. The maximum Gasteiger partial charge on any atom is 0.261 e. The van der Waals surface area contributed by atoms with Crippen molar-refractivity contribution in [3.05, 3.63) is 40.5 Å². The Morgan fingerprint density at radius 3 is 2.79 bits per heavy atom. The van der Waals surface area contributed by atoms with Crippen LogP contribution < -0.4 is 16.0 Å². The van der Waals surface area contributed by atoms with Crippen molar-refractivity contribution in [3.8, 4) is 0 Å². The molecule has 2 aromatic heterocycles. The molecular weight excluding hydrogens is 328 g/mol. The average molecular weight is 344 g/mol. The molecule has 0 fully saturated rings. The van der Waals surface area contributed by atoms with Crippen LogP contribution in [0.25, 0.3) is 11.6 Å². The zero-order valence-electron chi connectivity index (χ0n) is 12.9. The minimum absolute atomic E-state index is 0.138. The number of H-pyrrole nitrogens is 1. The largest absolute Gasteiger partial charge is 0.362 e. The zero-order chi connectivity index (χ0) is 17.1.